The van der Waals surface area contributed by atoms with E-state index in [1.54, 1.807) is 0 Å². The zero-order valence-electron chi connectivity index (χ0n) is 11.6. The minimum Gasteiger partial charge on any atom is -0.376 e. The summed E-state index contributed by atoms with van der Waals surface area (Å²) in [5.74, 6) is 0. The molecule has 0 bridgehead atoms. The van der Waals surface area contributed by atoms with E-state index in [-0.39, 0.29) is 11.6 Å². The summed E-state index contributed by atoms with van der Waals surface area (Å²) >= 11 is 0. The van der Waals surface area contributed by atoms with Crippen molar-refractivity contribution in [1.82, 2.24) is 20.3 Å². The molecule has 0 radical (unpaired) electrons. The number of rotatable bonds is 7. The van der Waals surface area contributed by atoms with Gasteiger partial charge in [-0.2, -0.15) is 0 Å². The van der Waals surface area contributed by atoms with Crippen LogP contribution in [0.2, 0.25) is 0 Å². The highest BCUT2D eigenvalue weighted by Gasteiger charge is 2.46. The summed E-state index contributed by atoms with van der Waals surface area (Å²) in [6, 6.07) is 0.197. The molecular formula is C13H24N4O. The third-order valence-electron chi connectivity index (χ3n) is 3.92. The van der Waals surface area contributed by atoms with Crippen molar-refractivity contribution >= 4 is 0 Å². The molecule has 1 unspecified atom stereocenters. The molecule has 5 heteroatoms. The topological polar surface area (TPSA) is 52.0 Å². The van der Waals surface area contributed by atoms with Crippen molar-refractivity contribution < 1.29 is 4.74 Å². The van der Waals surface area contributed by atoms with Gasteiger partial charge < -0.3 is 10.1 Å². The molecule has 1 N–H and O–H groups in total. The van der Waals surface area contributed by atoms with Crippen LogP contribution in [-0.4, -0.2) is 34.2 Å². The lowest BCUT2D eigenvalue weighted by Crippen LogP contribution is -2.51. The number of hydrogen-bond donors (Lipinski definition) is 1. The average molecular weight is 252 g/mol. The summed E-state index contributed by atoms with van der Waals surface area (Å²) in [6.07, 6.45) is 6.40. The smallest absolute Gasteiger partial charge is 0.0888 e. The highest BCUT2D eigenvalue weighted by atomic mass is 16.5. The molecule has 0 spiro atoms. The van der Waals surface area contributed by atoms with Crippen molar-refractivity contribution in [2.24, 2.45) is 0 Å². The molecule has 1 aliphatic rings. The molecule has 0 saturated heterocycles. The minimum atomic E-state index is -0.0663. The van der Waals surface area contributed by atoms with Crippen molar-refractivity contribution in [3.05, 3.63) is 11.9 Å². The Hall–Kier alpha value is -0.940. The molecule has 0 aliphatic heterocycles. The summed E-state index contributed by atoms with van der Waals surface area (Å²) in [5, 5.41) is 11.8. The van der Waals surface area contributed by atoms with E-state index < -0.39 is 0 Å². The van der Waals surface area contributed by atoms with Gasteiger partial charge in [-0.05, 0) is 32.2 Å². The van der Waals surface area contributed by atoms with Crippen molar-refractivity contribution in [2.75, 3.05) is 13.7 Å². The van der Waals surface area contributed by atoms with Gasteiger partial charge >= 0.3 is 0 Å². The summed E-state index contributed by atoms with van der Waals surface area (Å²) in [5.41, 5.74) is 1.09. The maximum atomic E-state index is 5.81. The molecule has 102 valence electrons. The van der Waals surface area contributed by atoms with Crippen LogP contribution in [0.3, 0.4) is 0 Å². The number of methoxy groups -OCH3 is 1. The normalized spacial score (nSPS) is 19.5. The molecule has 1 atom stereocenters. The van der Waals surface area contributed by atoms with Gasteiger partial charge in [-0.25, -0.2) is 4.68 Å². The molecule has 1 fully saturated rings. The minimum absolute atomic E-state index is 0.0663. The first kappa shape index (κ1) is 13.5. The maximum Gasteiger partial charge on any atom is 0.0888 e. The zero-order chi connectivity index (χ0) is 13.0. The van der Waals surface area contributed by atoms with Gasteiger partial charge in [-0.3, -0.25) is 0 Å². The van der Waals surface area contributed by atoms with E-state index in [1.807, 2.05) is 18.0 Å². The number of hydrogen-bond acceptors (Lipinski definition) is 4. The number of aromatic nitrogens is 3. The van der Waals surface area contributed by atoms with Crippen LogP contribution in [0.15, 0.2) is 6.20 Å². The van der Waals surface area contributed by atoms with E-state index in [9.17, 15) is 0 Å². The van der Waals surface area contributed by atoms with E-state index in [2.05, 4.69) is 29.5 Å². The van der Waals surface area contributed by atoms with Crippen LogP contribution in [0.5, 0.6) is 0 Å². The molecule has 18 heavy (non-hydrogen) atoms. The van der Waals surface area contributed by atoms with Crippen LogP contribution in [0, 0.1) is 0 Å². The van der Waals surface area contributed by atoms with E-state index in [4.69, 9.17) is 4.74 Å². The van der Waals surface area contributed by atoms with E-state index in [1.165, 1.54) is 6.42 Å². The lowest BCUT2D eigenvalue weighted by molar-refractivity contribution is -0.101. The van der Waals surface area contributed by atoms with Gasteiger partial charge in [0.05, 0.1) is 23.5 Å². The molecule has 1 aromatic heterocycles. The van der Waals surface area contributed by atoms with Crippen LogP contribution in [0.25, 0.3) is 0 Å². The number of ether oxygens (including phenoxy) is 1. The molecule has 0 amide bonds. The first-order valence-corrected chi connectivity index (χ1v) is 6.94. The molecular weight excluding hydrogens is 228 g/mol. The Morgan fingerprint density at radius 2 is 2.28 bits per heavy atom. The van der Waals surface area contributed by atoms with E-state index in [0.717, 1.165) is 38.0 Å². The fourth-order valence-corrected chi connectivity index (χ4v) is 2.77. The fraction of sp³-hybridized carbons (Fsp3) is 0.846. The van der Waals surface area contributed by atoms with Crippen LogP contribution in [-0.2, 0) is 11.3 Å². The zero-order valence-corrected chi connectivity index (χ0v) is 11.6. The third kappa shape index (κ3) is 2.29. The van der Waals surface area contributed by atoms with Gasteiger partial charge in [-0.15, -0.1) is 5.10 Å². The van der Waals surface area contributed by atoms with Crippen molar-refractivity contribution in [3.8, 4) is 0 Å². The van der Waals surface area contributed by atoms with Crippen LogP contribution >= 0.6 is 0 Å². The quantitative estimate of drug-likeness (QED) is 0.805. The first-order chi connectivity index (χ1) is 8.77. The van der Waals surface area contributed by atoms with Gasteiger partial charge in [0.2, 0.25) is 0 Å². The Labute approximate surface area is 109 Å². The van der Waals surface area contributed by atoms with Gasteiger partial charge in [0, 0.05) is 13.7 Å². The lowest BCUT2D eigenvalue weighted by atomic mass is 9.73. The highest BCUT2D eigenvalue weighted by Crippen LogP contribution is 2.44. The molecule has 1 aliphatic carbocycles. The number of nitrogens with one attached hydrogen (secondary N) is 1. The van der Waals surface area contributed by atoms with E-state index >= 15 is 0 Å². The second-order valence-corrected chi connectivity index (χ2v) is 5.00. The standard InChI is InChI=1S/C13H24N4O/c1-4-9-17-11(10-15-16-17)12(14-5-2)13(18-3)7-6-8-13/h10,12,14H,4-9H2,1-3H3. The Morgan fingerprint density at radius 1 is 1.50 bits per heavy atom. The molecule has 0 aromatic carbocycles. The van der Waals surface area contributed by atoms with Gasteiger partial charge in [-0.1, -0.05) is 19.1 Å². The van der Waals surface area contributed by atoms with Crippen LogP contribution < -0.4 is 5.32 Å². The SMILES string of the molecule is CCCn1nncc1C(NCC)C1(OC)CCC1. The summed E-state index contributed by atoms with van der Waals surface area (Å²) < 4.78 is 7.82. The largest absolute Gasteiger partial charge is 0.376 e. The van der Waals surface area contributed by atoms with Crippen LogP contribution in [0.1, 0.15) is 51.3 Å². The van der Waals surface area contributed by atoms with Gasteiger partial charge in [0.1, 0.15) is 0 Å². The first-order valence-electron chi connectivity index (χ1n) is 6.94. The molecule has 1 saturated carbocycles. The Morgan fingerprint density at radius 3 is 2.78 bits per heavy atom. The number of aryl methyl sites for hydroxylation is 1. The molecule has 1 aromatic rings. The summed E-state index contributed by atoms with van der Waals surface area (Å²) in [6.45, 7) is 6.12. The second-order valence-electron chi connectivity index (χ2n) is 5.00. The lowest BCUT2D eigenvalue weighted by Gasteiger charge is -2.46. The van der Waals surface area contributed by atoms with Gasteiger partial charge in [0.15, 0.2) is 0 Å². The fourth-order valence-electron chi connectivity index (χ4n) is 2.77. The Balaban J connectivity index is 2.26. The van der Waals surface area contributed by atoms with Crippen molar-refractivity contribution in [3.63, 3.8) is 0 Å². The summed E-state index contributed by atoms with van der Waals surface area (Å²) in [7, 11) is 1.82. The Kier molecular flexibility index (Phi) is 4.35. The Bertz CT molecular complexity index is 367. The number of likely N-dealkylation sites (N-methyl/N-ethyl adjacent to an activating group) is 1. The second kappa shape index (κ2) is 5.80. The predicted octanol–water partition coefficient (Wildman–Crippen LogP) is 1.91. The third-order valence-corrected chi connectivity index (χ3v) is 3.92. The molecule has 2 rings (SSSR count). The highest BCUT2D eigenvalue weighted by molar-refractivity contribution is 5.13. The number of nitrogens with zero attached hydrogens (tertiary/aromatic N) is 3. The monoisotopic (exact) mass is 252 g/mol. The van der Waals surface area contributed by atoms with Crippen molar-refractivity contribution in [2.45, 2.75) is 57.7 Å². The van der Waals surface area contributed by atoms with Crippen LogP contribution in [0.4, 0.5) is 0 Å². The van der Waals surface area contributed by atoms with Crippen molar-refractivity contribution in [1.29, 1.82) is 0 Å². The maximum absolute atomic E-state index is 5.81. The summed E-state index contributed by atoms with van der Waals surface area (Å²) in [4.78, 5) is 0. The van der Waals surface area contributed by atoms with Gasteiger partial charge in [0.25, 0.3) is 0 Å². The molecule has 1 heterocycles. The van der Waals surface area contributed by atoms with E-state index in [0.29, 0.717) is 0 Å². The molecule has 5 nitrogen and oxygen atoms in total. The average Bonchev–Trinajstić information content (AvgIpc) is 2.76. The predicted molar refractivity (Wildman–Crippen MR) is 70.3 cm³/mol.